The third kappa shape index (κ3) is 4.32. The summed E-state index contributed by atoms with van der Waals surface area (Å²) in [6.45, 7) is -0.526. The molecule has 0 spiro atoms. The highest BCUT2D eigenvalue weighted by atomic mass is 79.9. The molecule has 3 amide bonds. The van der Waals surface area contributed by atoms with E-state index in [1.54, 1.807) is 18.2 Å². The van der Waals surface area contributed by atoms with Gasteiger partial charge in [-0.3, -0.25) is 24.1 Å². The smallest absolute Gasteiger partial charge is 0.308 e. The Hall–Kier alpha value is -0.970. The second-order valence-corrected chi connectivity index (χ2v) is 11.4. The lowest BCUT2D eigenvalue weighted by Crippen LogP contribution is -2.37. The molecule has 0 radical (unpaired) electrons. The van der Waals surface area contributed by atoms with Crippen molar-refractivity contribution in [2.75, 3.05) is 18.5 Å². The molecule has 1 heterocycles. The summed E-state index contributed by atoms with van der Waals surface area (Å²) in [5.74, 6) is -1.98. The van der Waals surface area contributed by atoms with E-state index in [1.165, 1.54) is 4.90 Å². The molecule has 11 heteroatoms. The number of anilines is 1. The minimum absolute atomic E-state index is 0.0387. The topological polar surface area (TPSA) is 92.8 Å². The molecular formula is C20H18Br3ClN2O5. The van der Waals surface area contributed by atoms with Gasteiger partial charge in [-0.1, -0.05) is 59.4 Å². The lowest BCUT2D eigenvalue weighted by atomic mass is 9.81. The van der Waals surface area contributed by atoms with Gasteiger partial charge < -0.3 is 10.1 Å². The Balaban J connectivity index is 1.26. The Kier molecular flexibility index (Phi) is 6.82. The van der Waals surface area contributed by atoms with E-state index in [1.807, 2.05) is 0 Å². The summed E-state index contributed by atoms with van der Waals surface area (Å²) in [6.07, 6.45) is 0.695. The monoisotopic (exact) mass is 638 g/mol. The van der Waals surface area contributed by atoms with Crippen LogP contribution in [-0.4, -0.2) is 51.4 Å². The first-order chi connectivity index (χ1) is 14.7. The Morgan fingerprint density at radius 2 is 1.74 bits per heavy atom. The molecule has 4 rings (SSSR count). The Bertz CT molecular complexity index is 929. The summed E-state index contributed by atoms with van der Waals surface area (Å²) in [7, 11) is 0. The first kappa shape index (κ1) is 23.2. The molecule has 31 heavy (non-hydrogen) atoms. The van der Waals surface area contributed by atoms with Crippen molar-refractivity contribution in [1.82, 2.24) is 4.90 Å². The average Bonchev–Trinajstić information content (AvgIpc) is 3.32. The highest BCUT2D eigenvalue weighted by molar-refractivity contribution is 9.12. The van der Waals surface area contributed by atoms with Gasteiger partial charge in [0.25, 0.3) is 5.91 Å². The van der Waals surface area contributed by atoms with Gasteiger partial charge in [-0.15, -0.1) is 0 Å². The average molecular weight is 642 g/mol. The SMILES string of the molecule is O=C(COC(=O)CCN1C(=O)[C@@H]2[C@H]3C[C@@H]([C@H](Br)[C@@H]3Br)[C@@H]2C1=O)Nc1ccc(Br)cc1Cl. The van der Waals surface area contributed by atoms with Gasteiger partial charge >= 0.3 is 5.97 Å². The van der Waals surface area contributed by atoms with E-state index in [0.29, 0.717) is 10.7 Å². The number of ether oxygens (including phenoxy) is 1. The molecule has 1 aromatic carbocycles. The van der Waals surface area contributed by atoms with Gasteiger partial charge in [-0.2, -0.15) is 0 Å². The number of esters is 1. The quantitative estimate of drug-likeness (QED) is 0.291. The molecule has 1 saturated heterocycles. The van der Waals surface area contributed by atoms with Crippen LogP contribution in [0.25, 0.3) is 0 Å². The summed E-state index contributed by atoms with van der Waals surface area (Å²) in [5.41, 5.74) is 0.399. The van der Waals surface area contributed by atoms with E-state index >= 15 is 0 Å². The first-order valence-corrected chi connectivity index (χ1v) is 12.7. The van der Waals surface area contributed by atoms with Crippen LogP contribution >= 0.6 is 59.4 Å². The molecule has 1 aliphatic heterocycles. The van der Waals surface area contributed by atoms with E-state index in [-0.39, 0.29) is 58.1 Å². The van der Waals surface area contributed by atoms with E-state index in [0.717, 1.165) is 10.9 Å². The maximum atomic E-state index is 12.8. The first-order valence-electron chi connectivity index (χ1n) is 9.73. The van der Waals surface area contributed by atoms with Crippen LogP contribution in [0.4, 0.5) is 5.69 Å². The molecule has 2 saturated carbocycles. The number of nitrogens with one attached hydrogen (secondary N) is 1. The van der Waals surface area contributed by atoms with Gasteiger partial charge in [0.1, 0.15) is 0 Å². The summed E-state index contributed by atoms with van der Waals surface area (Å²) >= 11 is 16.6. The van der Waals surface area contributed by atoms with Gasteiger partial charge in [0.05, 0.1) is 29.0 Å². The molecule has 0 aromatic heterocycles. The Labute approximate surface area is 208 Å². The van der Waals surface area contributed by atoms with Gasteiger partial charge in [-0.25, -0.2) is 0 Å². The number of carbonyl (C=O) groups is 4. The van der Waals surface area contributed by atoms with Crippen LogP contribution in [-0.2, 0) is 23.9 Å². The van der Waals surface area contributed by atoms with E-state index in [9.17, 15) is 19.2 Å². The molecule has 6 atom stereocenters. The van der Waals surface area contributed by atoms with Crippen LogP contribution in [0, 0.1) is 23.7 Å². The lowest BCUT2D eigenvalue weighted by molar-refractivity contribution is -0.149. The largest absolute Gasteiger partial charge is 0.456 e. The summed E-state index contributed by atoms with van der Waals surface area (Å²) in [5, 5.41) is 2.90. The number of nitrogens with zero attached hydrogens (tertiary/aromatic N) is 1. The molecule has 1 aromatic rings. The number of amides is 3. The molecule has 3 aliphatic rings. The fraction of sp³-hybridized carbons (Fsp3) is 0.500. The number of fused-ring (bicyclic) bond motifs is 5. The molecule has 1 N–H and O–H groups in total. The molecule has 2 aliphatic carbocycles. The second kappa shape index (κ2) is 9.11. The van der Waals surface area contributed by atoms with Gasteiger partial charge in [0, 0.05) is 20.7 Å². The number of imide groups is 1. The minimum Gasteiger partial charge on any atom is -0.456 e. The normalized spacial score (nSPS) is 31.2. The van der Waals surface area contributed by atoms with Crippen molar-refractivity contribution in [3.05, 3.63) is 27.7 Å². The van der Waals surface area contributed by atoms with E-state index in [4.69, 9.17) is 16.3 Å². The fourth-order valence-electron chi connectivity index (χ4n) is 4.83. The van der Waals surface area contributed by atoms with Crippen molar-refractivity contribution in [3.8, 4) is 0 Å². The molecular weight excluding hydrogens is 623 g/mol. The number of alkyl halides is 2. The van der Waals surface area contributed by atoms with E-state index in [2.05, 4.69) is 53.1 Å². The number of halogens is 4. The summed E-state index contributed by atoms with van der Waals surface area (Å²) < 4.78 is 5.75. The molecule has 0 unspecified atom stereocenters. The van der Waals surface area contributed by atoms with Gasteiger partial charge in [0.2, 0.25) is 11.8 Å². The highest BCUT2D eigenvalue weighted by Gasteiger charge is 2.66. The van der Waals surface area contributed by atoms with Crippen molar-refractivity contribution in [2.45, 2.75) is 22.5 Å². The van der Waals surface area contributed by atoms with E-state index < -0.39 is 18.5 Å². The molecule has 7 nitrogen and oxygen atoms in total. The van der Waals surface area contributed by atoms with Crippen LogP contribution in [0.1, 0.15) is 12.8 Å². The van der Waals surface area contributed by atoms with Crippen molar-refractivity contribution in [3.63, 3.8) is 0 Å². The van der Waals surface area contributed by atoms with Crippen molar-refractivity contribution in [2.24, 2.45) is 23.7 Å². The third-order valence-corrected chi connectivity index (χ3v) is 10.2. The number of benzene rings is 1. The predicted octanol–water partition coefficient (Wildman–Crippen LogP) is 3.75. The summed E-state index contributed by atoms with van der Waals surface area (Å²) in [4.78, 5) is 51.2. The van der Waals surface area contributed by atoms with Crippen molar-refractivity contribution < 1.29 is 23.9 Å². The number of hydrogen-bond donors (Lipinski definition) is 1. The standard InChI is InChI=1S/C20H18Br3ClN2O5/c21-8-1-2-12(11(24)5-8)25-13(27)7-31-14(28)3-4-26-19(29)15-9-6-10(16(15)20(26)30)18(23)17(9)22/h1-2,5,9-10,15-18H,3-4,6-7H2,(H,25,27)/t9-,10-,15-,16+,17-,18+/m1/s1. The second-order valence-electron chi connectivity index (χ2n) is 7.91. The van der Waals surface area contributed by atoms with Crippen molar-refractivity contribution >= 4 is 88.8 Å². The van der Waals surface area contributed by atoms with Crippen LogP contribution in [0.3, 0.4) is 0 Å². The van der Waals surface area contributed by atoms with Gasteiger partial charge in [0.15, 0.2) is 6.61 Å². The zero-order valence-corrected chi connectivity index (χ0v) is 21.5. The zero-order chi connectivity index (χ0) is 22.4. The molecule has 3 fully saturated rings. The lowest BCUT2D eigenvalue weighted by Gasteiger charge is -2.28. The van der Waals surface area contributed by atoms with Crippen LogP contribution in [0.5, 0.6) is 0 Å². The number of hydrogen-bond acceptors (Lipinski definition) is 5. The number of carbonyl (C=O) groups excluding carboxylic acids is 4. The maximum absolute atomic E-state index is 12.8. The van der Waals surface area contributed by atoms with Crippen LogP contribution in [0.2, 0.25) is 5.02 Å². The minimum atomic E-state index is -0.658. The summed E-state index contributed by atoms with van der Waals surface area (Å²) in [6, 6.07) is 4.97. The van der Waals surface area contributed by atoms with Crippen LogP contribution < -0.4 is 5.32 Å². The fourth-order valence-corrected chi connectivity index (χ4v) is 7.42. The third-order valence-electron chi connectivity index (χ3n) is 6.19. The van der Waals surface area contributed by atoms with Crippen molar-refractivity contribution in [1.29, 1.82) is 0 Å². The Morgan fingerprint density at radius 1 is 1.13 bits per heavy atom. The number of rotatable bonds is 6. The molecule has 2 bridgehead atoms. The van der Waals surface area contributed by atoms with Crippen LogP contribution in [0.15, 0.2) is 22.7 Å². The number of likely N-dealkylation sites (tertiary alicyclic amines) is 1. The maximum Gasteiger partial charge on any atom is 0.308 e. The highest BCUT2D eigenvalue weighted by Crippen LogP contribution is 2.60. The zero-order valence-electron chi connectivity index (χ0n) is 16.0. The van der Waals surface area contributed by atoms with Gasteiger partial charge in [-0.05, 0) is 36.5 Å². The Morgan fingerprint density at radius 3 is 2.32 bits per heavy atom. The molecule has 166 valence electrons. The predicted molar refractivity (Wildman–Crippen MR) is 124 cm³/mol.